The van der Waals surface area contributed by atoms with Crippen LogP contribution in [0.5, 0.6) is 0 Å². The van der Waals surface area contributed by atoms with E-state index in [1.54, 1.807) is 0 Å². The normalized spacial score (nSPS) is 11.1. The van der Waals surface area contributed by atoms with Gasteiger partial charge in [-0.25, -0.2) is 0 Å². The van der Waals surface area contributed by atoms with E-state index in [2.05, 4.69) is 29.2 Å². The molecule has 0 aliphatic heterocycles. The molecule has 3 rings (SSSR count). The SMILES string of the molecule is Cc1nn(CCNC(=O)Cc2c[nH]c3ccccc23)c(C)c1C. The summed E-state index contributed by atoms with van der Waals surface area (Å²) in [6.07, 6.45) is 2.30. The van der Waals surface area contributed by atoms with Gasteiger partial charge in [-0.1, -0.05) is 18.2 Å². The van der Waals surface area contributed by atoms with Crippen molar-refractivity contribution in [2.75, 3.05) is 6.54 Å². The fourth-order valence-corrected chi connectivity index (χ4v) is 2.82. The van der Waals surface area contributed by atoms with Crippen molar-refractivity contribution in [3.63, 3.8) is 0 Å². The Morgan fingerprint density at radius 1 is 1.26 bits per heavy atom. The third-order valence-corrected chi connectivity index (χ3v) is 4.41. The van der Waals surface area contributed by atoms with Crippen molar-refractivity contribution < 1.29 is 4.79 Å². The third kappa shape index (κ3) is 3.13. The highest BCUT2D eigenvalue weighted by Gasteiger charge is 2.10. The number of amides is 1. The van der Waals surface area contributed by atoms with Crippen LogP contribution in [0.1, 0.15) is 22.5 Å². The van der Waals surface area contributed by atoms with E-state index in [1.807, 2.05) is 42.1 Å². The summed E-state index contributed by atoms with van der Waals surface area (Å²) in [5.41, 5.74) is 5.52. The first-order valence-electron chi connectivity index (χ1n) is 7.88. The molecule has 23 heavy (non-hydrogen) atoms. The number of H-pyrrole nitrogens is 1. The topological polar surface area (TPSA) is 62.7 Å². The van der Waals surface area contributed by atoms with Crippen molar-refractivity contribution in [2.24, 2.45) is 0 Å². The molecular weight excluding hydrogens is 288 g/mol. The van der Waals surface area contributed by atoms with Crippen molar-refractivity contribution in [1.82, 2.24) is 20.1 Å². The predicted molar refractivity (Wildman–Crippen MR) is 91.5 cm³/mol. The summed E-state index contributed by atoms with van der Waals surface area (Å²) in [5.74, 6) is 0.0352. The molecule has 0 spiro atoms. The molecule has 3 aromatic rings. The molecule has 0 aliphatic carbocycles. The summed E-state index contributed by atoms with van der Waals surface area (Å²) in [6.45, 7) is 7.42. The molecule has 0 saturated carbocycles. The number of nitrogens with one attached hydrogen (secondary N) is 2. The molecule has 2 aromatic heterocycles. The first-order valence-corrected chi connectivity index (χ1v) is 7.88. The number of aryl methyl sites for hydroxylation is 1. The summed E-state index contributed by atoms with van der Waals surface area (Å²) in [4.78, 5) is 15.3. The number of aromatic nitrogens is 3. The average molecular weight is 310 g/mol. The monoisotopic (exact) mass is 310 g/mol. The molecule has 0 unspecified atom stereocenters. The minimum Gasteiger partial charge on any atom is -0.361 e. The van der Waals surface area contributed by atoms with Crippen molar-refractivity contribution in [2.45, 2.75) is 33.7 Å². The van der Waals surface area contributed by atoms with E-state index in [0.717, 1.165) is 27.9 Å². The van der Waals surface area contributed by atoms with Crippen molar-refractivity contribution in [3.8, 4) is 0 Å². The minimum atomic E-state index is 0.0352. The Kier molecular flexibility index (Phi) is 4.19. The Hall–Kier alpha value is -2.56. The highest BCUT2D eigenvalue weighted by molar-refractivity contribution is 5.88. The summed E-state index contributed by atoms with van der Waals surface area (Å²) < 4.78 is 1.95. The van der Waals surface area contributed by atoms with E-state index < -0.39 is 0 Å². The van der Waals surface area contributed by atoms with E-state index in [9.17, 15) is 4.79 Å². The van der Waals surface area contributed by atoms with E-state index in [-0.39, 0.29) is 5.91 Å². The van der Waals surface area contributed by atoms with Gasteiger partial charge in [0.15, 0.2) is 0 Å². The molecule has 1 aromatic carbocycles. The first-order chi connectivity index (χ1) is 11.1. The molecule has 2 N–H and O–H groups in total. The summed E-state index contributed by atoms with van der Waals surface area (Å²) >= 11 is 0. The average Bonchev–Trinajstić information content (AvgIpc) is 3.05. The standard InChI is InChI=1S/C18H22N4O/c1-12-13(2)21-22(14(12)3)9-8-19-18(23)10-15-11-20-17-7-5-4-6-16(15)17/h4-7,11,20H,8-10H2,1-3H3,(H,19,23). The lowest BCUT2D eigenvalue weighted by molar-refractivity contribution is -0.120. The quantitative estimate of drug-likeness (QED) is 0.761. The Labute approximate surface area is 135 Å². The Morgan fingerprint density at radius 3 is 2.78 bits per heavy atom. The summed E-state index contributed by atoms with van der Waals surface area (Å²) in [5, 5.41) is 8.57. The van der Waals surface area contributed by atoms with Gasteiger partial charge in [-0.15, -0.1) is 0 Å². The van der Waals surface area contributed by atoms with Gasteiger partial charge in [-0.2, -0.15) is 5.10 Å². The number of benzene rings is 1. The van der Waals surface area contributed by atoms with Gasteiger partial charge in [0, 0.05) is 29.3 Å². The zero-order valence-electron chi connectivity index (χ0n) is 13.8. The molecule has 0 saturated heterocycles. The highest BCUT2D eigenvalue weighted by atomic mass is 16.1. The lowest BCUT2D eigenvalue weighted by Gasteiger charge is -2.07. The Morgan fingerprint density at radius 2 is 2.04 bits per heavy atom. The molecule has 0 aliphatic rings. The van der Waals surface area contributed by atoms with Crippen molar-refractivity contribution >= 4 is 16.8 Å². The Balaban J connectivity index is 1.56. The first kappa shape index (κ1) is 15.3. The van der Waals surface area contributed by atoms with Gasteiger partial charge >= 0.3 is 0 Å². The maximum absolute atomic E-state index is 12.1. The van der Waals surface area contributed by atoms with E-state index in [1.165, 1.54) is 5.56 Å². The predicted octanol–water partition coefficient (Wildman–Crippen LogP) is 2.65. The maximum atomic E-state index is 12.1. The second kappa shape index (κ2) is 6.28. The second-order valence-corrected chi connectivity index (χ2v) is 5.91. The number of rotatable bonds is 5. The highest BCUT2D eigenvalue weighted by Crippen LogP contribution is 2.17. The van der Waals surface area contributed by atoms with Gasteiger partial charge < -0.3 is 10.3 Å². The van der Waals surface area contributed by atoms with Crippen LogP contribution >= 0.6 is 0 Å². The maximum Gasteiger partial charge on any atom is 0.224 e. The van der Waals surface area contributed by atoms with Gasteiger partial charge in [0.25, 0.3) is 0 Å². The van der Waals surface area contributed by atoms with Crippen molar-refractivity contribution in [1.29, 1.82) is 0 Å². The van der Waals surface area contributed by atoms with Gasteiger partial charge in [-0.3, -0.25) is 9.48 Å². The Bertz CT molecular complexity index is 844. The number of carbonyl (C=O) groups is 1. The smallest absolute Gasteiger partial charge is 0.224 e. The van der Waals surface area contributed by atoms with E-state index in [4.69, 9.17) is 0 Å². The van der Waals surface area contributed by atoms with Crippen LogP contribution in [0.3, 0.4) is 0 Å². The van der Waals surface area contributed by atoms with Crippen LogP contribution in [0.15, 0.2) is 30.5 Å². The third-order valence-electron chi connectivity index (χ3n) is 4.41. The van der Waals surface area contributed by atoms with Crippen LogP contribution in [0, 0.1) is 20.8 Å². The van der Waals surface area contributed by atoms with Crippen LogP contribution in [-0.2, 0) is 17.8 Å². The van der Waals surface area contributed by atoms with Gasteiger partial charge in [-0.05, 0) is 38.0 Å². The molecular formula is C18H22N4O. The van der Waals surface area contributed by atoms with E-state index in [0.29, 0.717) is 19.5 Å². The summed E-state index contributed by atoms with van der Waals surface area (Å²) in [6, 6.07) is 8.02. The molecule has 0 bridgehead atoms. The number of nitrogens with zero attached hydrogens (tertiary/aromatic N) is 2. The lowest BCUT2D eigenvalue weighted by atomic mass is 10.1. The van der Waals surface area contributed by atoms with E-state index >= 15 is 0 Å². The number of fused-ring (bicyclic) bond motifs is 1. The summed E-state index contributed by atoms with van der Waals surface area (Å²) in [7, 11) is 0. The van der Waals surface area contributed by atoms with Crippen molar-refractivity contribution in [3.05, 3.63) is 53.0 Å². The second-order valence-electron chi connectivity index (χ2n) is 5.91. The fourth-order valence-electron chi connectivity index (χ4n) is 2.82. The molecule has 0 radical (unpaired) electrons. The molecule has 0 atom stereocenters. The zero-order chi connectivity index (χ0) is 16.4. The number of para-hydroxylation sites is 1. The lowest BCUT2D eigenvalue weighted by Crippen LogP contribution is -2.29. The molecule has 5 nitrogen and oxygen atoms in total. The minimum absolute atomic E-state index is 0.0352. The van der Waals surface area contributed by atoms with Crippen LogP contribution in [0.25, 0.3) is 10.9 Å². The number of carbonyl (C=O) groups excluding carboxylic acids is 1. The van der Waals surface area contributed by atoms with Crippen LogP contribution in [0.4, 0.5) is 0 Å². The number of hydrogen-bond acceptors (Lipinski definition) is 2. The molecule has 1 amide bonds. The van der Waals surface area contributed by atoms with Crippen LogP contribution < -0.4 is 5.32 Å². The molecule has 5 heteroatoms. The van der Waals surface area contributed by atoms with Gasteiger partial charge in [0.2, 0.25) is 5.91 Å². The zero-order valence-corrected chi connectivity index (χ0v) is 13.8. The van der Waals surface area contributed by atoms with Crippen LogP contribution in [0.2, 0.25) is 0 Å². The van der Waals surface area contributed by atoms with Gasteiger partial charge in [0.1, 0.15) is 0 Å². The number of aromatic amines is 1. The molecule has 0 fully saturated rings. The number of hydrogen-bond donors (Lipinski definition) is 2. The molecule has 2 heterocycles. The van der Waals surface area contributed by atoms with Gasteiger partial charge in [0.05, 0.1) is 18.7 Å². The largest absolute Gasteiger partial charge is 0.361 e. The fraction of sp³-hybridized carbons (Fsp3) is 0.333. The molecule has 120 valence electrons. The van der Waals surface area contributed by atoms with Crippen LogP contribution in [-0.4, -0.2) is 27.2 Å².